The van der Waals surface area contributed by atoms with Crippen molar-refractivity contribution in [3.05, 3.63) is 64.9 Å². The molecule has 0 aliphatic rings. The maximum atomic E-state index is 9.11. The van der Waals surface area contributed by atoms with Crippen LogP contribution in [0.3, 0.4) is 0 Å². The minimum Gasteiger partial charge on any atom is -0.345 e. The van der Waals surface area contributed by atoms with Crippen molar-refractivity contribution in [2.75, 3.05) is 5.32 Å². The van der Waals surface area contributed by atoms with Crippen molar-refractivity contribution in [1.82, 2.24) is 0 Å². The molecule has 0 saturated carbocycles. The number of nitrogens with one attached hydrogen (secondary N) is 1. The van der Waals surface area contributed by atoms with E-state index >= 15 is 0 Å². The Labute approximate surface area is 135 Å². The lowest BCUT2D eigenvalue weighted by Crippen LogP contribution is -2.00. The van der Waals surface area contributed by atoms with E-state index in [1.54, 1.807) is 18.2 Å². The van der Waals surface area contributed by atoms with Gasteiger partial charge in [-0.25, -0.2) is 0 Å². The first kappa shape index (κ1) is 15.8. The highest BCUT2D eigenvalue weighted by molar-refractivity contribution is 5.71. The standard InChI is InChI=1S/C19H14N4/c1-13-6-14(2)8-16(7-13)15-4-3-5-18(9-15)23-19(12-22)17(10-20)11-21/h3-9,23H,1-2H3. The van der Waals surface area contributed by atoms with Crippen LogP contribution in [-0.4, -0.2) is 0 Å². The summed E-state index contributed by atoms with van der Waals surface area (Å²) in [6, 6.07) is 19.1. The molecule has 0 radical (unpaired) electrons. The van der Waals surface area contributed by atoms with E-state index in [2.05, 4.69) is 23.5 Å². The normalized spacial score (nSPS) is 9.17. The summed E-state index contributed by atoms with van der Waals surface area (Å²) in [7, 11) is 0. The molecule has 0 aliphatic carbocycles. The minimum absolute atomic E-state index is 0.0485. The Balaban J connectivity index is 2.42. The lowest BCUT2D eigenvalue weighted by molar-refractivity contribution is 1.37. The minimum atomic E-state index is -0.232. The van der Waals surface area contributed by atoms with Crippen LogP contribution in [0.1, 0.15) is 11.1 Å². The Bertz CT molecular complexity index is 866. The molecule has 110 valence electrons. The first-order chi connectivity index (χ1) is 11.1. The average Bonchev–Trinajstić information content (AvgIpc) is 2.54. The van der Waals surface area contributed by atoms with Gasteiger partial charge in [0, 0.05) is 5.69 Å². The first-order valence-electron chi connectivity index (χ1n) is 6.97. The summed E-state index contributed by atoms with van der Waals surface area (Å²) in [4.78, 5) is 0. The van der Waals surface area contributed by atoms with Crippen molar-refractivity contribution in [3.63, 3.8) is 0 Å². The molecule has 23 heavy (non-hydrogen) atoms. The molecule has 0 spiro atoms. The predicted octanol–water partition coefficient (Wildman–Crippen LogP) is 4.21. The van der Waals surface area contributed by atoms with Gasteiger partial charge in [0.2, 0.25) is 0 Å². The summed E-state index contributed by atoms with van der Waals surface area (Å²) in [5.74, 6) is 0. The molecular formula is C19H14N4. The van der Waals surface area contributed by atoms with Crippen LogP contribution < -0.4 is 5.32 Å². The Morgan fingerprint density at radius 2 is 1.48 bits per heavy atom. The number of nitriles is 3. The number of allylic oxidation sites excluding steroid dienone is 2. The molecule has 0 saturated heterocycles. The number of hydrogen-bond donors (Lipinski definition) is 1. The highest BCUT2D eigenvalue weighted by Crippen LogP contribution is 2.25. The van der Waals surface area contributed by atoms with Crippen molar-refractivity contribution in [3.8, 4) is 29.3 Å². The Hall–Kier alpha value is -3.55. The zero-order valence-electron chi connectivity index (χ0n) is 12.9. The van der Waals surface area contributed by atoms with Crippen molar-refractivity contribution in [2.45, 2.75) is 13.8 Å². The highest BCUT2D eigenvalue weighted by atomic mass is 14.9. The summed E-state index contributed by atoms with van der Waals surface area (Å²) < 4.78 is 0. The van der Waals surface area contributed by atoms with Gasteiger partial charge < -0.3 is 5.32 Å². The Morgan fingerprint density at radius 1 is 0.826 bits per heavy atom. The second kappa shape index (κ2) is 6.94. The topological polar surface area (TPSA) is 83.4 Å². The van der Waals surface area contributed by atoms with E-state index in [4.69, 9.17) is 15.8 Å². The lowest BCUT2D eigenvalue weighted by atomic mass is 10.0. The smallest absolute Gasteiger partial charge is 0.163 e. The van der Waals surface area contributed by atoms with Gasteiger partial charge in [-0.05, 0) is 37.1 Å². The van der Waals surface area contributed by atoms with Gasteiger partial charge >= 0.3 is 0 Å². The van der Waals surface area contributed by atoms with Gasteiger partial charge in [-0.2, -0.15) is 15.8 Å². The van der Waals surface area contributed by atoms with Gasteiger partial charge in [-0.15, -0.1) is 0 Å². The number of anilines is 1. The number of rotatable bonds is 3. The third kappa shape index (κ3) is 3.76. The number of nitrogens with zero attached hydrogens (tertiary/aromatic N) is 3. The van der Waals surface area contributed by atoms with E-state index in [-0.39, 0.29) is 11.3 Å². The maximum absolute atomic E-state index is 9.11. The first-order valence-corrected chi connectivity index (χ1v) is 6.97. The number of aryl methyl sites for hydroxylation is 2. The van der Waals surface area contributed by atoms with E-state index in [1.807, 2.05) is 38.1 Å². The summed E-state index contributed by atoms with van der Waals surface area (Å²) in [6.45, 7) is 4.09. The second-order valence-corrected chi connectivity index (χ2v) is 5.17. The summed E-state index contributed by atoms with van der Waals surface area (Å²) in [5, 5.41) is 29.7. The lowest BCUT2D eigenvalue weighted by Gasteiger charge is -2.09. The molecule has 2 aromatic rings. The van der Waals surface area contributed by atoms with Crippen LogP contribution >= 0.6 is 0 Å². The van der Waals surface area contributed by atoms with E-state index in [9.17, 15) is 0 Å². The van der Waals surface area contributed by atoms with Gasteiger partial charge in [0.05, 0.1) is 0 Å². The van der Waals surface area contributed by atoms with Crippen LogP contribution in [0.15, 0.2) is 53.7 Å². The summed E-state index contributed by atoms with van der Waals surface area (Å²) >= 11 is 0. The largest absolute Gasteiger partial charge is 0.345 e. The van der Waals surface area contributed by atoms with E-state index in [0.29, 0.717) is 5.69 Å². The molecule has 0 aromatic heterocycles. The van der Waals surface area contributed by atoms with Crippen LogP contribution in [0.5, 0.6) is 0 Å². The van der Waals surface area contributed by atoms with Crippen LogP contribution in [0, 0.1) is 47.8 Å². The third-order valence-corrected chi connectivity index (χ3v) is 3.27. The average molecular weight is 298 g/mol. The van der Waals surface area contributed by atoms with E-state index < -0.39 is 0 Å². The number of benzene rings is 2. The second-order valence-electron chi connectivity index (χ2n) is 5.17. The van der Waals surface area contributed by atoms with Crippen LogP contribution in [0.2, 0.25) is 0 Å². The molecule has 0 aliphatic heterocycles. The fraction of sp³-hybridized carbons (Fsp3) is 0.105. The maximum Gasteiger partial charge on any atom is 0.163 e. The van der Waals surface area contributed by atoms with Crippen molar-refractivity contribution >= 4 is 5.69 Å². The van der Waals surface area contributed by atoms with Gasteiger partial charge in [-0.1, -0.05) is 41.5 Å². The summed E-state index contributed by atoms with van der Waals surface area (Å²) in [5.41, 5.74) is 4.79. The van der Waals surface area contributed by atoms with Crippen molar-refractivity contribution in [2.24, 2.45) is 0 Å². The van der Waals surface area contributed by atoms with Crippen molar-refractivity contribution < 1.29 is 0 Å². The fourth-order valence-corrected chi connectivity index (χ4v) is 2.35. The van der Waals surface area contributed by atoms with Crippen LogP contribution in [0.25, 0.3) is 11.1 Å². The van der Waals surface area contributed by atoms with Gasteiger partial charge in [0.25, 0.3) is 0 Å². The zero-order chi connectivity index (χ0) is 16.8. The van der Waals surface area contributed by atoms with Gasteiger partial charge in [0.1, 0.15) is 23.9 Å². The molecule has 2 aromatic carbocycles. The molecule has 0 amide bonds. The van der Waals surface area contributed by atoms with Crippen LogP contribution in [-0.2, 0) is 0 Å². The molecule has 4 nitrogen and oxygen atoms in total. The molecule has 0 atom stereocenters. The van der Waals surface area contributed by atoms with E-state index in [1.165, 1.54) is 11.1 Å². The monoisotopic (exact) mass is 298 g/mol. The zero-order valence-corrected chi connectivity index (χ0v) is 12.9. The molecule has 1 N–H and O–H groups in total. The van der Waals surface area contributed by atoms with E-state index in [0.717, 1.165) is 11.1 Å². The van der Waals surface area contributed by atoms with Gasteiger partial charge in [0.15, 0.2) is 5.57 Å². The molecule has 0 heterocycles. The highest BCUT2D eigenvalue weighted by Gasteiger charge is 2.07. The Morgan fingerprint density at radius 3 is 2.04 bits per heavy atom. The quantitative estimate of drug-likeness (QED) is 0.860. The Kier molecular flexibility index (Phi) is 4.78. The van der Waals surface area contributed by atoms with Gasteiger partial charge in [-0.3, -0.25) is 0 Å². The third-order valence-electron chi connectivity index (χ3n) is 3.27. The molecule has 4 heteroatoms. The SMILES string of the molecule is Cc1cc(C)cc(-c2cccc(NC(C#N)=C(C#N)C#N)c2)c1. The van der Waals surface area contributed by atoms with Crippen molar-refractivity contribution in [1.29, 1.82) is 15.8 Å². The predicted molar refractivity (Wildman–Crippen MR) is 88.8 cm³/mol. The molecule has 0 fully saturated rings. The van der Waals surface area contributed by atoms with Crippen LogP contribution in [0.4, 0.5) is 5.69 Å². The summed E-state index contributed by atoms with van der Waals surface area (Å²) in [6.07, 6.45) is 0. The molecule has 0 unspecified atom stereocenters. The molecular weight excluding hydrogens is 284 g/mol. The molecule has 0 bridgehead atoms. The number of hydrogen-bond acceptors (Lipinski definition) is 4. The molecule has 2 rings (SSSR count). The fourth-order valence-electron chi connectivity index (χ4n) is 2.35.